The van der Waals surface area contributed by atoms with Gasteiger partial charge in [0.15, 0.2) is 0 Å². The molecule has 0 saturated carbocycles. The van der Waals surface area contributed by atoms with Crippen LogP contribution in [-0.4, -0.2) is 23.6 Å². The van der Waals surface area contributed by atoms with E-state index < -0.39 is 11.8 Å². The summed E-state index contributed by atoms with van der Waals surface area (Å²) in [5, 5.41) is 0. The second-order valence-electron chi connectivity index (χ2n) is 11.4. The molecule has 4 aromatic rings. The quantitative estimate of drug-likeness (QED) is 0.293. The summed E-state index contributed by atoms with van der Waals surface area (Å²) in [5.74, 6) is -2.31. The molecule has 2 bridgehead atoms. The molecule has 4 amide bonds. The summed E-state index contributed by atoms with van der Waals surface area (Å²) in [6.45, 7) is 0. The zero-order valence-electron chi connectivity index (χ0n) is 22.4. The fourth-order valence-corrected chi connectivity index (χ4v) is 7.42. The Morgan fingerprint density at radius 3 is 1.57 bits per heavy atom. The van der Waals surface area contributed by atoms with Crippen molar-refractivity contribution < 1.29 is 19.2 Å². The number of hydrogen-bond donors (Lipinski definition) is 1. The number of hydrogen-bond acceptors (Lipinski definition) is 5. The summed E-state index contributed by atoms with van der Waals surface area (Å²) >= 11 is 0. The van der Waals surface area contributed by atoms with Crippen LogP contribution in [0.25, 0.3) is 0 Å². The molecule has 4 atom stereocenters. The van der Waals surface area contributed by atoms with Crippen molar-refractivity contribution in [2.45, 2.75) is 18.3 Å². The minimum Gasteiger partial charge on any atom is -0.399 e. The van der Waals surface area contributed by atoms with Crippen molar-refractivity contribution in [3.8, 4) is 0 Å². The number of nitrogen functional groups attached to an aromatic ring is 1. The van der Waals surface area contributed by atoms with Crippen LogP contribution >= 0.6 is 0 Å². The Bertz CT molecular complexity index is 1860. The number of nitrogens with two attached hydrogens (primary N) is 1. The SMILES string of the molecule is Nc1ccc2c(c1)[C@H]1c3ccccc3[C@@H]2[C@@H]2C(=O)N(c3ccc(Cc4ccc(N5C(=O)C=CC5=O)cc4)cc3)C(=O)[C@H]12. The maximum Gasteiger partial charge on any atom is 0.258 e. The van der Waals surface area contributed by atoms with Gasteiger partial charge in [-0.3, -0.25) is 19.2 Å². The van der Waals surface area contributed by atoms with Crippen LogP contribution in [0.3, 0.4) is 0 Å². The molecule has 9 rings (SSSR count). The molecule has 1 fully saturated rings. The Hall–Kier alpha value is -5.30. The minimum absolute atomic E-state index is 0.152. The van der Waals surface area contributed by atoms with E-state index in [2.05, 4.69) is 12.1 Å². The van der Waals surface area contributed by atoms with Gasteiger partial charge in [-0.2, -0.15) is 0 Å². The highest BCUT2D eigenvalue weighted by Gasteiger charge is 2.61. The zero-order chi connectivity index (χ0) is 28.7. The summed E-state index contributed by atoms with van der Waals surface area (Å²) in [4.78, 5) is 54.5. The predicted octanol–water partition coefficient (Wildman–Crippen LogP) is 4.69. The van der Waals surface area contributed by atoms with Gasteiger partial charge in [0, 0.05) is 29.7 Å². The Morgan fingerprint density at radius 2 is 1.02 bits per heavy atom. The van der Waals surface area contributed by atoms with Crippen molar-refractivity contribution in [3.63, 3.8) is 0 Å². The summed E-state index contributed by atoms with van der Waals surface area (Å²) in [5.41, 5.74) is 14.3. The van der Waals surface area contributed by atoms with Crippen molar-refractivity contribution in [1.29, 1.82) is 0 Å². The minimum atomic E-state index is -0.463. The smallest absolute Gasteiger partial charge is 0.258 e. The van der Waals surface area contributed by atoms with E-state index in [1.807, 2.05) is 66.7 Å². The van der Waals surface area contributed by atoms with E-state index in [1.54, 1.807) is 12.1 Å². The van der Waals surface area contributed by atoms with E-state index in [0.717, 1.165) is 38.3 Å². The van der Waals surface area contributed by atoms with Gasteiger partial charge in [-0.1, -0.05) is 54.6 Å². The third-order valence-corrected chi connectivity index (χ3v) is 9.17. The second-order valence-corrected chi connectivity index (χ2v) is 11.4. The van der Waals surface area contributed by atoms with Gasteiger partial charge in [-0.15, -0.1) is 0 Å². The largest absolute Gasteiger partial charge is 0.399 e. The maximum absolute atomic E-state index is 14.0. The highest BCUT2D eigenvalue weighted by atomic mass is 16.2. The Morgan fingerprint density at radius 1 is 0.548 bits per heavy atom. The number of amides is 4. The fraction of sp³-hybridized carbons (Fsp3) is 0.143. The molecule has 2 heterocycles. The Labute approximate surface area is 241 Å². The number of rotatable bonds is 4. The van der Waals surface area contributed by atoms with Crippen molar-refractivity contribution in [3.05, 3.63) is 137 Å². The zero-order valence-corrected chi connectivity index (χ0v) is 22.4. The lowest BCUT2D eigenvalue weighted by molar-refractivity contribution is -0.123. The molecule has 5 aliphatic rings. The van der Waals surface area contributed by atoms with Crippen LogP contribution in [0.4, 0.5) is 17.1 Å². The van der Waals surface area contributed by atoms with Crippen molar-refractivity contribution >= 4 is 40.7 Å². The first kappa shape index (κ1) is 24.5. The number of benzene rings is 4. The van der Waals surface area contributed by atoms with Gasteiger partial charge < -0.3 is 5.73 Å². The van der Waals surface area contributed by atoms with Crippen LogP contribution in [0.15, 0.2) is 103 Å². The molecule has 1 saturated heterocycles. The van der Waals surface area contributed by atoms with Crippen LogP contribution in [0, 0.1) is 11.8 Å². The predicted molar refractivity (Wildman–Crippen MR) is 158 cm³/mol. The highest BCUT2D eigenvalue weighted by Crippen LogP contribution is 2.61. The Kier molecular flexibility index (Phi) is 5.16. The first-order valence-corrected chi connectivity index (χ1v) is 14.0. The molecule has 7 nitrogen and oxygen atoms in total. The van der Waals surface area contributed by atoms with E-state index in [0.29, 0.717) is 23.5 Å². The summed E-state index contributed by atoms with van der Waals surface area (Å²) in [6, 6.07) is 28.9. The lowest BCUT2D eigenvalue weighted by Gasteiger charge is -2.46. The molecule has 4 aromatic carbocycles. The second kappa shape index (κ2) is 8.85. The third-order valence-electron chi connectivity index (χ3n) is 9.17. The van der Waals surface area contributed by atoms with Crippen LogP contribution in [0.5, 0.6) is 0 Å². The highest BCUT2D eigenvalue weighted by molar-refractivity contribution is 6.28. The van der Waals surface area contributed by atoms with E-state index in [-0.39, 0.29) is 35.5 Å². The maximum atomic E-state index is 14.0. The molecule has 3 aliphatic carbocycles. The van der Waals surface area contributed by atoms with Crippen molar-refractivity contribution in [2.75, 3.05) is 15.5 Å². The molecular formula is C35H25N3O4. The normalized spacial score (nSPS) is 23.4. The molecule has 7 heteroatoms. The summed E-state index contributed by atoms with van der Waals surface area (Å²) in [7, 11) is 0. The number of carbonyl (C=O) groups is 4. The first-order valence-electron chi connectivity index (χ1n) is 14.0. The van der Waals surface area contributed by atoms with Gasteiger partial charge in [0.2, 0.25) is 11.8 Å². The summed E-state index contributed by atoms with van der Waals surface area (Å²) in [6.07, 6.45) is 3.14. The molecule has 0 radical (unpaired) electrons. The molecule has 2 N–H and O–H groups in total. The van der Waals surface area contributed by atoms with E-state index in [4.69, 9.17) is 5.73 Å². The lowest BCUT2D eigenvalue weighted by atomic mass is 9.55. The van der Waals surface area contributed by atoms with E-state index in [9.17, 15) is 19.2 Å². The molecule has 2 aliphatic heterocycles. The van der Waals surface area contributed by atoms with Gasteiger partial charge in [0.05, 0.1) is 23.2 Å². The Balaban J connectivity index is 1.07. The number of imide groups is 2. The van der Waals surface area contributed by atoms with Crippen LogP contribution < -0.4 is 15.5 Å². The molecular weight excluding hydrogens is 526 g/mol. The topological polar surface area (TPSA) is 101 Å². The van der Waals surface area contributed by atoms with Crippen LogP contribution in [-0.2, 0) is 25.6 Å². The van der Waals surface area contributed by atoms with Gasteiger partial charge in [-0.05, 0) is 76.2 Å². The van der Waals surface area contributed by atoms with Gasteiger partial charge in [0.25, 0.3) is 11.8 Å². The van der Waals surface area contributed by atoms with E-state index >= 15 is 0 Å². The lowest BCUT2D eigenvalue weighted by Crippen LogP contribution is -2.41. The monoisotopic (exact) mass is 551 g/mol. The van der Waals surface area contributed by atoms with Crippen LogP contribution in [0.2, 0.25) is 0 Å². The standard InChI is InChI=1S/C35H25N3O4/c36-21-9-14-26-27(18-21)31-25-4-2-1-3-24(25)30(26)32-33(31)35(42)38(34(32)41)23-12-7-20(8-13-23)17-19-5-10-22(11-6-19)37-28(39)15-16-29(37)40/h1-16,18,30-33H,17,36H2/t30-,31+,32-,33+/m0/s1. The van der Waals surface area contributed by atoms with Gasteiger partial charge >= 0.3 is 0 Å². The number of carbonyl (C=O) groups excluding carboxylic acids is 4. The fourth-order valence-electron chi connectivity index (χ4n) is 7.42. The molecule has 42 heavy (non-hydrogen) atoms. The van der Waals surface area contributed by atoms with E-state index in [1.165, 1.54) is 17.1 Å². The van der Waals surface area contributed by atoms with Gasteiger partial charge in [-0.25, -0.2) is 9.80 Å². The molecule has 0 spiro atoms. The van der Waals surface area contributed by atoms with Crippen molar-refractivity contribution in [1.82, 2.24) is 0 Å². The average Bonchev–Trinajstić information content (AvgIpc) is 3.48. The van der Waals surface area contributed by atoms with Gasteiger partial charge in [0.1, 0.15) is 0 Å². The molecule has 0 aromatic heterocycles. The average molecular weight is 552 g/mol. The molecule has 0 unspecified atom stereocenters. The summed E-state index contributed by atoms with van der Waals surface area (Å²) < 4.78 is 0. The first-order chi connectivity index (χ1) is 20.4. The van der Waals surface area contributed by atoms with Crippen LogP contribution in [0.1, 0.15) is 45.2 Å². The van der Waals surface area contributed by atoms with Crippen molar-refractivity contribution in [2.24, 2.45) is 11.8 Å². The number of anilines is 3. The molecule has 204 valence electrons. The number of nitrogens with zero attached hydrogens (tertiary/aromatic N) is 2. The third kappa shape index (κ3) is 3.40.